The third-order valence-electron chi connectivity index (χ3n) is 6.54. The second-order valence-electron chi connectivity index (χ2n) is 9.39. The Hall–Kier alpha value is -3.62. The lowest BCUT2D eigenvalue weighted by Crippen LogP contribution is -2.48. The topological polar surface area (TPSA) is 65.5 Å². The number of anilines is 2. The molecule has 8 heteroatoms. The highest BCUT2D eigenvalue weighted by molar-refractivity contribution is 8.01. The number of rotatable bonds is 7. The fraction of sp³-hybridized carbons (Fsp3) is 0.233. The van der Waals surface area contributed by atoms with Crippen LogP contribution in [-0.2, 0) is 4.79 Å². The quantitative estimate of drug-likeness (QED) is 0.285. The SMILES string of the molecule is Cc1ccc(C(=O)N2CCN(c3ccc(NC(=O)CSc4nc(-c5ccc(C)cc5)cs4)cc3)CC2)cc1. The van der Waals surface area contributed by atoms with Crippen molar-refractivity contribution in [1.82, 2.24) is 9.88 Å². The van der Waals surface area contributed by atoms with Crippen molar-refractivity contribution >= 4 is 46.3 Å². The number of piperazine rings is 1. The fourth-order valence-corrected chi connectivity index (χ4v) is 5.94. The highest BCUT2D eigenvalue weighted by Gasteiger charge is 2.22. The van der Waals surface area contributed by atoms with Crippen molar-refractivity contribution in [3.63, 3.8) is 0 Å². The average molecular weight is 543 g/mol. The molecule has 1 aliphatic heterocycles. The molecule has 38 heavy (non-hydrogen) atoms. The van der Waals surface area contributed by atoms with Crippen LogP contribution in [0.25, 0.3) is 11.3 Å². The summed E-state index contributed by atoms with van der Waals surface area (Å²) in [6.07, 6.45) is 0. The predicted molar refractivity (Wildman–Crippen MR) is 157 cm³/mol. The first-order valence-electron chi connectivity index (χ1n) is 12.6. The van der Waals surface area contributed by atoms with E-state index in [1.165, 1.54) is 17.3 Å². The standard InChI is InChI=1S/C30H30N4O2S2/c1-21-3-7-23(8-4-21)27-19-37-30(32-27)38-20-28(35)31-25-11-13-26(14-12-25)33-15-17-34(18-16-33)29(36)24-9-5-22(2)6-10-24/h3-14,19H,15-18,20H2,1-2H3,(H,31,35). The van der Waals surface area contributed by atoms with Gasteiger partial charge in [-0.25, -0.2) is 4.98 Å². The number of thiazole rings is 1. The van der Waals surface area contributed by atoms with E-state index >= 15 is 0 Å². The summed E-state index contributed by atoms with van der Waals surface area (Å²) in [5.74, 6) is 0.335. The lowest BCUT2D eigenvalue weighted by atomic mass is 10.1. The minimum Gasteiger partial charge on any atom is -0.368 e. The first-order chi connectivity index (χ1) is 18.4. The zero-order valence-electron chi connectivity index (χ0n) is 21.5. The number of carbonyl (C=O) groups is 2. The number of aromatic nitrogens is 1. The van der Waals surface area contributed by atoms with Crippen molar-refractivity contribution in [2.75, 3.05) is 42.1 Å². The molecule has 5 rings (SSSR count). The number of nitrogens with zero attached hydrogens (tertiary/aromatic N) is 3. The number of thioether (sulfide) groups is 1. The van der Waals surface area contributed by atoms with E-state index in [0.717, 1.165) is 51.2 Å². The number of benzene rings is 3. The molecule has 0 atom stereocenters. The van der Waals surface area contributed by atoms with Gasteiger partial charge < -0.3 is 15.1 Å². The molecule has 0 aliphatic carbocycles. The van der Waals surface area contributed by atoms with Gasteiger partial charge in [-0.05, 0) is 50.2 Å². The molecular weight excluding hydrogens is 512 g/mol. The molecule has 2 heterocycles. The summed E-state index contributed by atoms with van der Waals surface area (Å²) in [5.41, 5.74) is 6.99. The summed E-state index contributed by atoms with van der Waals surface area (Å²) in [4.78, 5) is 34.2. The highest BCUT2D eigenvalue weighted by atomic mass is 32.2. The third kappa shape index (κ3) is 6.44. The molecule has 0 radical (unpaired) electrons. The van der Waals surface area contributed by atoms with Crippen LogP contribution in [0.3, 0.4) is 0 Å². The van der Waals surface area contributed by atoms with Crippen molar-refractivity contribution in [2.24, 2.45) is 0 Å². The Morgan fingerprint density at radius 1 is 0.868 bits per heavy atom. The Kier molecular flexibility index (Phi) is 8.10. The minimum atomic E-state index is -0.0573. The van der Waals surface area contributed by atoms with Gasteiger partial charge in [-0.15, -0.1) is 11.3 Å². The number of hydrogen-bond acceptors (Lipinski definition) is 6. The van der Waals surface area contributed by atoms with Gasteiger partial charge in [-0.3, -0.25) is 9.59 Å². The van der Waals surface area contributed by atoms with Gasteiger partial charge in [0.05, 0.1) is 11.4 Å². The second kappa shape index (κ2) is 11.8. The maximum Gasteiger partial charge on any atom is 0.253 e. The van der Waals surface area contributed by atoms with E-state index in [1.807, 2.05) is 65.7 Å². The number of amides is 2. The molecule has 1 aliphatic rings. The van der Waals surface area contributed by atoms with E-state index in [9.17, 15) is 9.59 Å². The Balaban J connectivity index is 1.08. The summed E-state index contributed by atoms with van der Waals surface area (Å²) in [5, 5.41) is 5.01. The molecule has 1 N–H and O–H groups in total. The fourth-order valence-electron chi connectivity index (χ4n) is 4.31. The van der Waals surface area contributed by atoms with Crippen molar-refractivity contribution in [3.8, 4) is 11.3 Å². The Bertz CT molecular complexity index is 1390. The molecule has 2 amide bonds. The van der Waals surface area contributed by atoms with Crippen molar-refractivity contribution in [1.29, 1.82) is 0 Å². The predicted octanol–water partition coefficient (Wildman–Crippen LogP) is 6.12. The number of nitrogens with one attached hydrogen (secondary N) is 1. The Morgan fingerprint density at radius 2 is 1.50 bits per heavy atom. The Morgan fingerprint density at radius 3 is 2.16 bits per heavy atom. The van der Waals surface area contributed by atoms with Crippen LogP contribution < -0.4 is 10.2 Å². The average Bonchev–Trinajstić information content (AvgIpc) is 3.42. The van der Waals surface area contributed by atoms with E-state index in [0.29, 0.717) is 18.8 Å². The van der Waals surface area contributed by atoms with Gasteiger partial charge in [0.1, 0.15) is 0 Å². The van der Waals surface area contributed by atoms with Gasteiger partial charge in [0.2, 0.25) is 5.91 Å². The van der Waals surface area contributed by atoms with Gasteiger partial charge in [-0.2, -0.15) is 0 Å². The molecule has 0 bridgehead atoms. The summed E-state index contributed by atoms with van der Waals surface area (Å²) in [6.45, 7) is 7.01. The summed E-state index contributed by atoms with van der Waals surface area (Å²) in [7, 11) is 0. The van der Waals surface area contributed by atoms with E-state index < -0.39 is 0 Å². The van der Waals surface area contributed by atoms with Crippen LogP contribution in [0.4, 0.5) is 11.4 Å². The van der Waals surface area contributed by atoms with Crippen molar-refractivity contribution in [2.45, 2.75) is 18.2 Å². The smallest absolute Gasteiger partial charge is 0.253 e. The van der Waals surface area contributed by atoms with Crippen LogP contribution in [0, 0.1) is 13.8 Å². The summed E-state index contributed by atoms with van der Waals surface area (Å²) in [6, 6.07) is 23.9. The normalized spacial score (nSPS) is 13.4. The van der Waals surface area contributed by atoms with Gasteiger partial charge >= 0.3 is 0 Å². The highest BCUT2D eigenvalue weighted by Crippen LogP contribution is 2.28. The van der Waals surface area contributed by atoms with Crippen molar-refractivity contribution < 1.29 is 9.59 Å². The molecule has 1 fully saturated rings. The number of hydrogen-bond donors (Lipinski definition) is 1. The molecule has 0 unspecified atom stereocenters. The Labute approximate surface area is 231 Å². The van der Waals surface area contributed by atoms with Crippen LogP contribution in [-0.4, -0.2) is 53.6 Å². The van der Waals surface area contributed by atoms with Gasteiger partial charge in [0.25, 0.3) is 5.91 Å². The van der Waals surface area contributed by atoms with E-state index in [2.05, 4.69) is 46.4 Å². The van der Waals surface area contributed by atoms with Crippen LogP contribution in [0.5, 0.6) is 0 Å². The molecular formula is C30H30N4O2S2. The minimum absolute atomic E-state index is 0.0573. The number of aryl methyl sites for hydroxylation is 2. The van der Waals surface area contributed by atoms with Crippen LogP contribution in [0.2, 0.25) is 0 Å². The van der Waals surface area contributed by atoms with Gasteiger partial charge in [-0.1, -0.05) is 59.3 Å². The lowest BCUT2D eigenvalue weighted by molar-refractivity contribution is -0.113. The van der Waals surface area contributed by atoms with E-state index in [-0.39, 0.29) is 11.8 Å². The van der Waals surface area contributed by atoms with Crippen LogP contribution in [0.1, 0.15) is 21.5 Å². The zero-order chi connectivity index (χ0) is 26.5. The number of carbonyl (C=O) groups excluding carboxylic acids is 2. The maximum absolute atomic E-state index is 12.8. The summed E-state index contributed by atoms with van der Waals surface area (Å²) < 4.78 is 0.881. The van der Waals surface area contributed by atoms with E-state index in [4.69, 9.17) is 0 Å². The van der Waals surface area contributed by atoms with Gasteiger partial charge in [0.15, 0.2) is 4.34 Å². The van der Waals surface area contributed by atoms with Crippen LogP contribution >= 0.6 is 23.1 Å². The van der Waals surface area contributed by atoms with Crippen molar-refractivity contribution in [3.05, 3.63) is 94.9 Å². The molecule has 0 spiro atoms. The van der Waals surface area contributed by atoms with Gasteiger partial charge in [0, 0.05) is 54.1 Å². The molecule has 194 valence electrons. The van der Waals surface area contributed by atoms with E-state index in [1.54, 1.807) is 11.3 Å². The second-order valence-corrected chi connectivity index (χ2v) is 11.5. The molecule has 6 nitrogen and oxygen atoms in total. The maximum atomic E-state index is 12.8. The monoisotopic (exact) mass is 542 g/mol. The largest absolute Gasteiger partial charge is 0.368 e. The summed E-state index contributed by atoms with van der Waals surface area (Å²) >= 11 is 3.01. The molecule has 0 saturated carbocycles. The lowest BCUT2D eigenvalue weighted by Gasteiger charge is -2.36. The molecule has 1 aromatic heterocycles. The third-order valence-corrected chi connectivity index (χ3v) is 8.56. The zero-order valence-corrected chi connectivity index (χ0v) is 23.1. The molecule has 4 aromatic rings. The first kappa shape index (κ1) is 26.0. The molecule has 1 saturated heterocycles. The molecule has 3 aromatic carbocycles. The first-order valence-corrected chi connectivity index (χ1v) is 14.5. The van der Waals surface area contributed by atoms with Crippen LogP contribution in [0.15, 0.2) is 82.5 Å².